The molecule has 0 saturated carbocycles. The molecule has 0 bridgehead atoms. The van der Waals surface area contributed by atoms with E-state index in [1.54, 1.807) is 18.2 Å². The molecule has 1 aromatic carbocycles. The van der Waals surface area contributed by atoms with Crippen molar-refractivity contribution < 1.29 is 9.59 Å². The first-order valence-electron chi connectivity index (χ1n) is 5.34. The average molecular weight is 218 g/mol. The second-order valence-corrected chi connectivity index (χ2v) is 4.01. The van der Waals surface area contributed by atoms with E-state index in [1.807, 2.05) is 13.8 Å². The maximum Gasteiger partial charge on any atom is 0.263 e. The molecule has 4 nitrogen and oxygen atoms in total. The fraction of sp³-hybridized carbons (Fsp3) is 0.333. The van der Waals surface area contributed by atoms with Crippen LogP contribution in [0.1, 0.15) is 41.0 Å². The topological polar surface area (TPSA) is 63.4 Å². The normalized spacial score (nSPS) is 16.5. The van der Waals surface area contributed by atoms with E-state index >= 15 is 0 Å². The van der Waals surface area contributed by atoms with Gasteiger partial charge in [-0.2, -0.15) is 0 Å². The average Bonchev–Trinajstić information content (AvgIpc) is 2.52. The molecule has 0 aromatic heterocycles. The highest BCUT2D eigenvalue weighted by molar-refractivity contribution is 6.23. The molecule has 16 heavy (non-hydrogen) atoms. The van der Waals surface area contributed by atoms with Crippen LogP contribution in [0.25, 0.3) is 0 Å². The summed E-state index contributed by atoms with van der Waals surface area (Å²) in [4.78, 5) is 25.4. The zero-order valence-corrected chi connectivity index (χ0v) is 9.36. The van der Waals surface area contributed by atoms with Crippen LogP contribution in [-0.4, -0.2) is 22.8 Å². The summed E-state index contributed by atoms with van der Waals surface area (Å²) in [5, 5.41) is 0. The Kier molecular flexibility index (Phi) is 2.42. The van der Waals surface area contributed by atoms with Crippen LogP contribution in [0.3, 0.4) is 0 Å². The van der Waals surface area contributed by atoms with Crippen LogP contribution in [-0.2, 0) is 0 Å². The Hall–Kier alpha value is -1.84. The van der Waals surface area contributed by atoms with Gasteiger partial charge in [-0.1, -0.05) is 13.0 Å². The molecule has 1 aliphatic heterocycles. The van der Waals surface area contributed by atoms with Gasteiger partial charge in [-0.05, 0) is 25.5 Å². The number of hydrogen-bond acceptors (Lipinski definition) is 3. The Balaban J connectivity index is 2.53. The molecule has 0 aliphatic carbocycles. The lowest BCUT2D eigenvalue weighted by Gasteiger charge is -2.20. The van der Waals surface area contributed by atoms with E-state index in [1.165, 1.54) is 4.90 Å². The minimum absolute atomic E-state index is 0.0909. The van der Waals surface area contributed by atoms with Crippen molar-refractivity contribution in [3.05, 3.63) is 29.3 Å². The predicted octanol–water partition coefficient (Wildman–Crippen LogP) is 1.66. The second-order valence-electron chi connectivity index (χ2n) is 4.01. The Labute approximate surface area is 94.0 Å². The molecule has 0 radical (unpaired) electrons. The van der Waals surface area contributed by atoms with Gasteiger partial charge in [-0.3, -0.25) is 14.5 Å². The number of imide groups is 1. The first-order valence-corrected chi connectivity index (χ1v) is 5.34. The van der Waals surface area contributed by atoms with E-state index in [4.69, 9.17) is 5.73 Å². The molecule has 2 N–H and O–H groups in total. The number of carbonyl (C=O) groups is 2. The van der Waals surface area contributed by atoms with Crippen LogP contribution in [0.2, 0.25) is 0 Å². The van der Waals surface area contributed by atoms with Gasteiger partial charge in [-0.25, -0.2) is 0 Å². The fourth-order valence-electron chi connectivity index (χ4n) is 1.91. The number of nitrogens with two attached hydrogens (primary N) is 1. The lowest BCUT2D eigenvalue weighted by atomic mass is 10.1. The first-order chi connectivity index (χ1) is 7.57. The Morgan fingerprint density at radius 2 is 2.00 bits per heavy atom. The lowest BCUT2D eigenvalue weighted by molar-refractivity contribution is 0.0594. The number of carbonyl (C=O) groups excluding carboxylic acids is 2. The van der Waals surface area contributed by atoms with Crippen molar-refractivity contribution in [3.8, 4) is 0 Å². The summed E-state index contributed by atoms with van der Waals surface area (Å²) in [5.74, 6) is -0.505. The summed E-state index contributed by atoms with van der Waals surface area (Å²) in [6.07, 6.45) is 0.741. The van der Waals surface area contributed by atoms with Crippen molar-refractivity contribution in [2.45, 2.75) is 26.3 Å². The maximum absolute atomic E-state index is 12.1. The summed E-state index contributed by atoms with van der Waals surface area (Å²) in [5.41, 5.74) is 6.88. The van der Waals surface area contributed by atoms with E-state index in [-0.39, 0.29) is 17.9 Å². The number of rotatable bonds is 2. The molecule has 1 aliphatic rings. The Morgan fingerprint density at radius 3 is 2.56 bits per heavy atom. The molecule has 1 unspecified atom stereocenters. The van der Waals surface area contributed by atoms with Crippen LogP contribution in [0.5, 0.6) is 0 Å². The molecule has 1 heterocycles. The number of anilines is 1. The van der Waals surface area contributed by atoms with Gasteiger partial charge in [0, 0.05) is 11.7 Å². The number of benzene rings is 1. The summed E-state index contributed by atoms with van der Waals surface area (Å²) < 4.78 is 0. The first kappa shape index (κ1) is 10.7. The number of amides is 2. The molecule has 84 valence electrons. The van der Waals surface area contributed by atoms with Crippen molar-refractivity contribution >= 4 is 17.5 Å². The highest BCUT2D eigenvalue weighted by Crippen LogP contribution is 2.29. The second kappa shape index (κ2) is 3.63. The molecule has 0 fully saturated rings. The van der Waals surface area contributed by atoms with E-state index in [9.17, 15) is 9.59 Å². The number of hydrogen-bond donors (Lipinski definition) is 1. The Bertz CT molecular complexity index is 468. The van der Waals surface area contributed by atoms with Gasteiger partial charge < -0.3 is 5.73 Å². The monoisotopic (exact) mass is 218 g/mol. The van der Waals surface area contributed by atoms with Gasteiger partial charge in [0.05, 0.1) is 11.1 Å². The number of nitrogen functional groups attached to an aromatic ring is 1. The molecule has 1 aromatic rings. The van der Waals surface area contributed by atoms with Gasteiger partial charge >= 0.3 is 0 Å². The van der Waals surface area contributed by atoms with Crippen LogP contribution >= 0.6 is 0 Å². The zero-order chi connectivity index (χ0) is 11.9. The van der Waals surface area contributed by atoms with Crippen LogP contribution in [0, 0.1) is 0 Å². The van der Waals surface area contributed by atoms with Crippen LogP contribution in [0.4, 0.5) is 5.69 Å². The molecular formula is C12H14N2O2. The van der Waals surface area contributed by atoms with E-state index in [0.29, 0.717) is 16.8 Å². The third-order valence-electron chi connectivity index (χ3n) is 3.01. The summed E-state index contributed by atoms with van der Waals surface area (Å²) >= 11 is 0. The molecule has 0 spiro atoms. The van der Waals surface area contributed by atoms with Crippen molar-refractivity contribution in [2.75, 3.05) is 5.73 Å². The standard InChI is InChI=1S/C12H14N2O2/c1-3-7(2)14-11(15)8-5-4-6-9(13)10(8)12(14)16/h4-7H,3,13H2,1-2H3. The van der Waals surface area contributed by atoms with Crippen molar-refractivity contribution in [1.29, 1.82) is 0 Å². The number of nitrogens with zero attached hydrogens (tertiary/aromatic N) is 1. The summed E-state index contributed by atoms with van der Waals surface area (Å²) in [6.45, 7) is 3.80. The minimum Gasteiger partial charge on any atom is -0.398 e. The quantitative estimate of drug-likeness (QED) is 0.606. The van der Waals surface area contributed by atoms with Gasteiger partial charge in [0.1, 0.15) is 0 Å². The molecule has 4 heteroatoms. The van der Waals surface area contributed by atoms with Gasteiger partial charge in [0.2, 0.25) is 0 Å². The molecular weight excluding hydrogens is 204 g/mol. The highest BCUT2D eigenvalue weighted by Gasteiger charge is 2.38. The molecule has 2 rings (SSSR count). The van der Waals surface area contributed by atoms with Crippen molar-refractivity contribution in [1.82, 2.24) is 4.90 Å². The van der Waals surface area contributed by atoms with Gasteiger partial charge in [0.15, 0.2) is 0 Å². The van der Waals surface area contributed by atoms with Gasteiger partial charge in [-0.15, -0.1) is 0 Å². The van der Waals surface area contributed by atoms with Crippen molar-refractivity contribution in [3.63, 3.8) is 0 Å². The molecule has 1 atom stereocenters. The zero-order valence-electron chi connectivity index (χ0n) is 9.36. The predicted molar refractivity (Wildman–Crippen MR) is 61.1 cm³/mol. The van der Waals surface area contributed by atoms with Crippen LogP contribution < -0.4 is 5.73 Å². The summed E-state index contributed by atoms with van der Waals surface area (Å²) in [6, 6.07) is 4.89. The SMILES string of the molecule is CCC(C)N1C(=O)c2cccc(N)c2C1=O. The lowest BCUT2D eigenvalue weighted by Crippen LogP contribution is -2.37. The minimum atomic E-state index is -0.271. The van der Waals surface area contributed by atoms with E-state index in [2.05, 4.69) is 0 Å². The Morgan fingerprint density at radius 1 is 1.31 bits per heavy atom. The van der Waals surface area contributed by atoms with Crippen LogP contribution in [0.15, 0.2) is 18.2 Å². The van der Waals surface area contributed by atoms with Gasteiger partial charge in [0.25, 0.3) is 11.8 Å². The third kappa shape index (κ3) is 1.30. The third-order valence-corrected chi connectivity index (χ3v) is 3.01. The van der Waals surface area contributed by atoms with E-state index < -0.39 is 0 Å². The highest BCUT2D eigenvalue weighted by atomic mass is 16.2. The molecule has 0 saturated heterocycles. The largest absolute Gasteiger partial charge is 0.398 e. The summed E-state index contributed by atoms with van der Waals surface area (Å²) in [7, 11) is 0. The maximum atomic E-state index is 12.1. The number of fused-ring (bicyclic) bond motifs is 1. The smallest absolute Gasteiger partial charge is 0.263 e. The van der Waals surface area contributed by atoms with Crippen molar-refractivity contribution in [2.24, 2.45) is 0 Å². The fourth-order valence-corrected chi connectivity index (χ4v) is 1.91. The van der Waals surface area contributed by atoms with E-state index in [0.717, 1.165) is 6.42 Å². The molecule has 2 amide bonds.